The molecule has 0 atom stereocenters. The van der Waals surface area contributed by atoms with Gasteiger partial charge in [-0.15, -0.1) is 0 Å². The standard InChI is InChI=1S/C19H17N5O/c1-24-17-7-5-13(9-16(17)23-18(24)11-2-3-11)22-19(25)12-4-6-14-15(8-12)21-10-20-14/h4-11H,2-3H2,1H3,(H,20,21)(H,22,25). The predicted octanol–water partition coefficient (Wildman–Crippen LogP) is 3.58. The van der Waals surface area contributed by atoms with Crippen molar-refractivity contribution in [1.29, 1.82) is 0 Å². The summed E-state index contributed by atoms with van der Waals surface area (Å²) in [5, 5.41) is 2.96. The number of nitrogens with zero attached hydrogens (tertiary/aromatic N) is 3. The maximum absolute atomic E-state index is 12.5. The fraction of sp³-hybridized carbons (Fsp3) is 0.211. The van der Waals surface area contributed by atoms with Crippen molar-refractivity contribution in [2.45, 2.75) is 18.8 Å². The topological polar surface area (TPSA) is 75.6 Å². The number of carbonyl (C=O) groups is 1. The molecule has 2 N–H and O–H groups in total. The molecule has 4 aromatic rings. The van der Waals surface area contributed by atoms with Crippen molar-refractivity contribution >= 4 is 33.7 Å². The number of hydrogen-bond donors (Lipinski definition) is 2. The highest BCUT2D eigenvalue weighted by molar-refractivity contribution is 6.06. The lowest BCUT2D eigenvalue weighted by molar-refractivity contribution is 0.102. The molecule has 1 saturated carbocycles. The Kier molecular flexibility index (Phi) is 2.94. The van der Waals surface area contributed by atoms with Crippen LogP contribution in [0, 0.1) is 0 Å². The molecule has 1 fully saturated rings. The predicted molar refractivity (Wildman–Crippen MR) is 96.7 cm³/mol. The Morgan fingerprint density at radius 1 is 1.20 bits per heavy atom. The number of aromatic amines is 1. The van der Waals surface area contributed by atoms with E-state index in [-0.39, 0.29) is 5.91 Å². The molecule has 6 nitrogen and oxygen atoms in total. The Morgan fingerprint density at radius 2 is 2.08 bits per heavy atom. The van der Waals surface area contributed by atoms with Gasteiger partial charge in [-0.05, 0) is 49.2 Å². The van der Waals surface area contributed by atoms with Gasteiger partial charge in [-0.3, -0.25) is 4.79 Å². The molecule has 0 saturated heterocycles. The van der Waals surface area contributed by atoms with Gasteiger partial charge < -0.3 is 14.9 Å². The highest BCUT2D eigenvalue weighted by Crippen LogP contribution is 2.40. The summed E-state index contributed by atoms with van der Waals surface area (Å²) in [6.45, 7) is 0. The zero-order valence-electron chi connectivity index (χ0n) is 13.8. The van der Waals surface area contributed by atoms with Crippen LogP contribution in [0.2, 0.25) is 0 Å². The Hall–Kier alpha value is -3.15. The van der Waals surface area contributed by atoms with Crippen LogP contribution < -0.4 is 5.32 Å². The summed E-state index contributed by atoms with van der Waals surface area (Å²) in [5.41, 5.74) is 5.06. The number of imidazole rings is 2. The summed E-state index contributed by atoms with van der Waals surface area (Å²) in [7, 11) is 2.06. The van der Waals surface area contributed by atoms with Crippen molar-refractivity contribution in [2.75, 3.05) is 5.32 Å². The zero-order valence-corrected chi connectivity index (χ0v) is 13.8. The van der Waals surface area contributed by atoms with Gasteiger partial charge in [0.15, 0.2) is 0 Å². The van der Waals surface area contributed by atoms with Crippen LogP contribution in [0.3, 0.4) is 0 Å². The number of aryl methyl sites for hydroxylation is 1. The largest absolute Gasteiger partial charge is 0.345 e. The molecule has 0 aliphatic heterocycles. The number of amides is 1. The van der Waals surface area contributed by atoms with Gasteiger partial charge in [0.25, 0.3) is 5.91 Å². The third kappa shape index (κ3) is 2.38. The molecule has 1 amide bonds. The number of benzene rings is 2. The Labute approximate surface area is 143 Å². The fourth-order valence-electron chi connectivity index (χ4n) is 3.28. The smallest absolute Gasteiger partial charge is 0.255 e. The third-order valence-corrected chi connectivity index (χ3v) is 4.80. The minimum Gasteiger partial charge on any atom is -0.345 e. The molecule has 1 aliphatic rings. The van der Waals surface area contributed by atoms with Gasteiger partial charge >= 0.3 is 0 Å². The van der Waals surface area contributed by atoms with E-state index in [1.807, 2.05) is 30.3 Å². The number of rotatable bonds is 3. The summed E-state index contributed by atoms with van der Waals surface area (Å²) in [4.78, 5) is 24.5. The number of H-pyrrole nitrogens is 1. The van der Waals surface area contributed by atoms with E-state index in [1.54, 1.807) is 12.4 Å². The maximum atomic E-state index is 12.5. The molecule has 1 aliphatic carbocycles. The summed E-state index contributed by atoms with van der Waals surface area (Å²) >= 11 is 0. The molecule has 5 rings (SSSR count). The summed E-state index contributed by atoms with van der Waals surface area (Å²) in [5.74, 6) is 1.59. The van der Waals surface area contributed by atoms with Gasteiger partial charge in [-0.25, -0.2) is 9.97 Å². The molecule has 124 valence electrons. The second-order valence-electron chi connectivity index (χ2n) is 6.60. The number of anilines is 1. The third-order valence-electron chi connectivity index (χ3n) is 4.80. The van der Waals surface area contributed by atoms with Crippen LogP contribution in [0.15, 0.2) is 42.7 Å². The first-order valence-corrected chi connectivity index (χ1v) is 8.40. The molecule has 6 heteroatoms. The lowest BCUT2D eigenvalue weighted by Crippen LogP contribution is -2.11. The summed E-state index contributed by atoms with van der Waals surface area (Å²) < 4.78 is 2.16. The Bertz CT molecular complexity index is 1120. The minimum absolute atomic E-state index is 0.144. The minimum atomic E-state index is -0.144. The molecule has 0 spiro atoms. The van der Waals surface area contributed by atoms with Gasteiger partial charge in [0.1, 0.15) is 5.82 Å². The van der Waals surface area contributed by atoms with Gasteiger partial charge in [-0.1, -0.05) is 0 Å². The molecule has 0 radical (unpaired) electrons. The second-order valence-corrected chi connectivity index (χ2v) is 6.60. The van der Waals surface area contributed by atoms with Crippen LogP contribution in [-0.2, 0) is 7.05 Å². The zero-order chi connectivity index (χ0) is 17.0. The molecular formula is C19H17N5O. The number of fused-ring (bicyclic) bond motifs is 2. The fourth-order valence-corrected chi connectivity index (χ4v) is 3.28. The van der Waals surface area contributed by atoms with Crippen LogP contribution in [-0.4, -0.2) is 25.4 Å². The van der Waals surface area contributed by atoms with Crippen molar-refractivity contribution in [3.8, 4) is 0 Å². The van der Waals surface area contributed by atoms with Crippen molar-refractivity contribution in [1.82, 2.24) is 19.5 Å². The lowest BCUT2D eigenvalue weighted by atomic mass is 10.2. The number of aromatic nitrogens is 4. The molecular weight excluding hydrogens is 314 g/mol. The number of hydrogen-bond acceptors (Lipinski definition) is 3. The van der Waals surface area contributed by atoms with Crippen molar-refractivity contribution in [3.63, 3.8) is 0 Å². The molecule has 0 bridgehead atoms. The van der Waals surface area contributed by atoms with Crippen LogP contribution in [0.1, 0.15) is 34.9 Å². The van der Waals surface area contributed by atoms with E-state index in [0.717, 1.165) is 33.6 Å². The van der Waals surface area contributed by atoms with E-state index in [9.17, 15) is 4.79 Å². The summed E-state index contributed by atoms with van der Waals surface area (Å²) in [6, 6.07) is 11.3. The van der Waals surface area contributed by atoms with Gasteiger partial charge in [0.05, 0.1) is 28.4 Å². The van der Waals surface area contributed by atoms with E-state index in [2.05, 4.69) is 26.9 Å². The van der Waals surface area contributed by atoms with Crippen LogP contribution in [0.4, 0.5) is 5.69 Å². The Morgan fingerprint density at radius 3 is 2.92 bits per heavy atom. The van der Waals surface area contributed by atoms with Gasteiger partial charge in [0.2, 0.25) is 0 Å². The van der Waals surface area contributed by atoms with E-state index >= 15 is 0 Å². The SMILES string of the molecule is Cn1c(C2CC2)nc2cc(NC(=O)c3ccc4nc[nH]c4c3)ccc21. The molecule has 25 heavy (non-hydrogen) atoms. The first kappa shape index (κ1) is 14.2. The van der Waals surface area contributed by atoms with E-state index in [1.165, 1.54) is 12.8 Å². The van der Waals surface area contributed by atoms with Gasteiger partial charge in [0, 0.05) is 24.2 Å². The highest BCUT2D eigenvalue weighted by atomic mass is 16.1. The van der Waals surface area contributed by atoms with E-state index < -0.39 is 0 Å². The van der Waals surface area contributed by atoms with Crippen molar-refractivity contribution < 1.29 is 4.79 Å². The van der Waals surface area contributed by atoms with E-state index in [4.69, 9.17) is 4.98 Å². The first-order chi connectivity index (χ1) is 12.2. The summed E-state index contributed by atoms with van der Waals surface area (Å²) in [6.07, 6.45) is 4.06. The number of nitrogens with one attached hydrogen (secondary N) is 2. The second kappa shape index (κ2) is 5.17. The molecule has 2 aromatic carbocycles. The normalized spacial score (nSPS) is 14.3. The maximum Gasteiger partial charge on any atom is 0.255 e. The molecule has 0 unspecified atom stereocenters. The number of carbonyl (C=O) groups excluding carboxylic acids is 1. The lowest BCUT2D eigenvalue weighted by Gasteiger charge is -2.06. The monoisotopic (exact) mass is 331 g/mol. The first-order valence-electron chi connectivity index (χ1n) is 8.40. The van der Waals surface area contributed by atoms with Crippen molar-refractivity contribution in [2.24, 2.45) is 7.05 Å². The van der Waals surface area contributed by atoms with Crippen LogP contribution in [0.5, 0.6) is 0 Å². The quantitative estimate of drug-likeness (QED) is 0.602. The van der Waals surface area contributed by atoms with Gasteiger partial charge in [-0.2, -0.15) is 0 Å². The Balaban J connectivity index is 1.45. The molecule has 2 aromatic heterocycles. The van der Waals surface area contributed by atoms with Crippen LogP contribution >= 0.6 is 0 Å². The molecule has 2 heterocycles. The van der Waals surface area contributed by atoms with Crippen molar-refractivity contribution in [3.05, 3.63) is 54.1 Å². The average molecular weight is 331 g/mol. The highest BCUT2D eigenvalue weighted by Gasteiger charge is 2.28. The average Bonchev–Trinajstić information content (AvgIpc) is 3.26. The van der Waals surface area contributed by atoms with E-state index in [0.29, 0.717) is 11.5 Å². The van der Waals surface area contributed by atoms with Crippen LogP contribution in [0.25, 0.3) is 22.1 Å².